The van der Waals surface area contributed by atoms with Crippen molar-refractivity contribution in [3.8, 4) is 22.8 Å². The monoisotopic (exact) mass is 388 g/mol. The van der Waals surface area contributed by atoms with Crippen molar-refractivity contribution in [2.45, 2.75) is 6.92 Å². The van der Waals surface area contributed by atoms with Crippen LogP contribution in [0.25, 0.3) is 11.1 Å². The van der Waals surface area contributed by atoms with Crippen LogP contribution in [0.1, 0.15) is 6.92 Å². The lowest BCUT2D eigenvalue weighted by atomic mass is 10.0. The van der Waals surface area contributed by atoms with Gasteiger partial charge >= 0.3 is 6.16 Å². The maximum Gasteiger partial charge on any atom is 0.512 e. The highest BCUT2D eigenvalue weighted by atomic mass is 35.5. The number of pyridine rings is 1. The lowest BCUT2D eigenvalue weighted by molar-refractivity contribution is -0.114. The first-order valence-corrected chi connectivity index (χ1v) is 7.41. The first-order valence-electron chi connectivity index (χ1n) is 6.65. The molecule has 1 aromatic heterocycles. The van der Waals surface area contributed by atoms with Gasteiger partial charge in [0.25, 0.3) is 0 Å². The predicted molar refractivity (Wildman–Crippen MR) is 89.2 cm³/mol. The minimum absolute atomic E-state index is 0.0102. The van der Waals surface area contributed by atoms with E-state index >= 15 is 0 Å². The highest BCUT2D eigenvalue weighted by molar-refractivity contribution is 6.37. The minimum Gasteiger partial charge on any atom is -0.492 e. The van der Waals surface area contributed by atoms with E-state index in [4.69, 9.17) is 33.0 Å². The number of amides is 1. The quantitative estimate of drug-likeness (QED) is 0.760. The lowest BCUT2D eigenvalue weighted by Crippen LogP contribution is -2.11. The molecule has 0 radical (unpaired) electrons. The van der Waals surface area contributed by atoms with Crippen LogP contribution in [0.15, 0.2) is 18.3 Å². The summed E-state index contributed by atoms with van der Waals surface area (Å²) in [5.74, 6) is -1.79. The summed E-state index contributed by atoms with van der Waals surface area (Å²) in [6.45, 7) is 1.23. The van der Waals surface area contributed by atoms with E-state index in [9.17, 15) is 14.0 Å². The van der Waals surface area contributed by atoms with Crippen molar-refractivity contribution in [1.29, 1.82) is 0 Å². The van der Waals surface area contributed by atoms with Crippen LogP contribution < -0.4 is 14.8 Å². The largest absolute Gasteiger partial charge is 0.512 e. The Bertz CT molecular complexity index is 860. The van der Waals surface area contributed by atoms with Gasteiger partial charge in [-0.3, -0.25) is 4.79 Å². The third-order valence-electron chi connectivity index (χ3n) is 3.02. The Labute approximate surface area is 151 Å². The van der Waals surface area contributed by atoms with Gasteiger partial charge in [0.1, 0.15) is 5.02 Å². The second-order valence-corrected chi connectivity index (χ2v) is 5.41. The number of carboxylic acid groups (broad SMARTS) is 1. The first kappa shape index (κ1) is 18.8. The normalized spacial score (nSPS) is 10.3. The van der Waals surface area contributed by atoms with Gasteiger partial charge in [-0.15, -0.1) is 0 Å². The molecule has 0 spiro atoms. The first-order chi connectivity index (χ1) is 11.8. The van der Waals surface area contributed by atoms with Gasteiger partial charge in [-0.05, 0) is 12.1 Å². The zero-order valence-corrected chi connectivity index (χ0v) is 14.4. The molecule has 0 bridgehead atoms. The summed E-state index contributed by atoms with van der Waals surface area (Å²) < 4.78 is 23.1. The van der Waals surface area contributed by atoms with Crippen LogP contribution in [-0.4, -0.2) is 29.3 Å². The number of nitrogens with zero attached hydrogens (tertiary/aromatic N) is 1. The van der Waals surface area contributed by atoms with E-state index in [1.165, 1.54) is 26.3 Å². The summed E-state index contributed by atoms with van der Waals surface area (Å²) >= 11 is 12.3. The maximum atomic E-state index is 13.7. The van der Waals surface area contributed by atoms with Crippen molar-refractivity contribution in [1.82, 2.24) is 4.98 Å². The van der Waals surface area contributed by atoms with Crippen LogP contribution >= 0.6 is 23.2 Å². The molecule has 0 saturated heterocycles. The standard InChI is InChI=1S/C15H11Cl2FN2O5/c1-6(21)20-12-8(5-19-14(11(12)17)25-15(22)23)7-3-4-9(18)13(24-2)10(7)16/h3-5H,1-2H3,(H,22,23)(H,19,20,21). The number of rotatable bonds is 4. The van der Waals surface area contributed by atoms with E-state index in [0.717, 1.165) is 6.07 Å². The smallest absolute Gasteiger partial charge is 0.492 e. The average Bonchev–Trinajstić information content (AvgIpc) is 2.52. The van der Waals surface area contributed by atoms with Crippen LogP contribution in [0.5, 0.6) is 11.6 Å². The molecule has 0 unspecified atom stereocenters. The Kier molecular flexibility index (Phi) is 5.66. The molecule has 0 saturated carbocycles. The van der Waals surface area contributed by atoms with E-state index < -0.39 is 23.8 Å². The number of hydrogen-bond acceptors (Lipinski definition) is 5. The van der Waals surface area contributed by atoms with Gasteiger partial charge in [0.15, 0.2) is 11.6 Å². The number of carbonyl (C=O) groups excluding carboxylic acids is 1. The van der Waals surface area contributed by atoms with E-state index in [0.29, 0.717) is 0 Å². The third-order valence-corrected chi connectivity index (χ3v) is 3.74. The van der Waals surface area contributed by atoms with Crippen molar-refractivity contribution in [2.75, 3.05) is 12.4 Å². The summed E-state index contributed by atoms with van der Waals surface area (Å²) in [4.78, 5) is 26.0. The SMILES string of the molecule is COc1c(F)ccc(-c2cnc(OC(=O)O)c(Cl)c2NC(C)=O)c1Cl. The molecule has 0 aliphatic heterocycles. The maximum absolute atomic E-state index is 13.7. The van der Waals surface area contributed by atoms with E-state index in [2.05, 4.69) is 15.0 Å². The molecule has 132 valence electrons. The molecule has 2 N–H and O–H groups in total. The Balaban J connectivity index is 2.71. The van der Waals surface area contributed by atoms with Crippen LogP contribution in [0, 0.1) is 5.82 Å². The van der Waals surface area contributed by atoms with Crippen molar-refractivity contribution < 1.29 is 28.6 Å². The van der Waals surface area contributed by atoms with Gasteiger partial charge in [0.05, 0.1) is 17.8 Å². The van der Waals surface area contributed by atoms with Gasteiger partial charge in [0, 0.05) is 24.2 Å². The number of hydrogen-bond donors (Lipinski definition) is 2. The molecule has 1 aromatic carbocycles. The number of methoxy groups -OCH3 is 1. The number of benzene rings is 1. The lowest BCUT2D eigenvalue weighted by Gasteiger charge is -2.16. The Morgan fingerprint density at radius 3 is 2.48 bits per heavy atom. The molecule has 2 rings (SSSR count). The number of nitrogens with one attached hydrogen (secondary N) is 1. The summed E-state index contributed by atoms with van der Waals surface area (Å²) in [5, 5.41) is 10.8. The molecule has 0 aliphatic rings. The predicted octanol–water partition coefficient (Wildman–Crippen LogP) is 4.22. The molecule has 0 fully saturated rings. The van der Waals surface area contributed by atoms with Crippen molar-refractivity contribution >= 4 is 41.0 Å². The van der Waals surface area contributed by atoms with Crippen LogP contribution in [0.3, 0.4) is 0 Å². The molecule has 25 heavy (non-hydrogen) atoms. The molecule has 2 aromatic rings. The van der Waals surface area contributed by atoms with Gasteiger partial charge in [-0.1, -0.05) is 23.2 Å². The van der Waals surface area contributed by atoms with Gasteiger partial charge < -0.3 is 19.9 Å². The molecule has 1 heterocycles. The number of aromatic nitrogens is 1. The van der Waals surface area contributed by atoms with E-state index in [1.807, 2.05) is 0 Å². The average molecular weight is 389 g/mol. The topological polar surface area (TPSA) is 97.8 Å². The number of ether oxygens (including phenoxy) is 2. The Morgan fingerprint density at radius 2 is 1.92 bits per heavy atom. The van der Waals surface area contributed by atoms with Crippen LogP contribution in [-0.2, 0) is 4.79 Å². The molecule has 10 heteroatoms. The van der Waals surface area contributed by atoms with Crippen LogP contribution in [0.2, 0.25) is 10.0 Å². The molecular weight excluding hydrogens is 378 g/mol. The van der Waals surface area contributed by atoms with Crippen molar-refractivity contribution in [3.05, 3.63) is 34.2 Å². The van der Waals surface area contributed by atoms with Crippen LogP contribution in [0.4, 0.5) is 14.9 Å². The second kappa shape index (κ2) is 7.54. The summed E-state index contributed by atoms with van der Waals surface area (Å²) in [5.41, 5.74) is 0.497. The molecule has 1 amide bonds. The Hall–Kier alpha value is -2.58. The highest BCUT2D eigenvalue weighted by Crippen LogP contribution is 2.44. The molecule has 7 nitrogen and oxygen atoms in total. The Morgan fingerprint density at radius 1 is 1.24 bits per heavy atom. The molecular formula is C15H11Cl2FN2O5. The number of carbonyl (C=O) groups is 2. The third kappa shape index (κ3) is 3.92. The van der Waals surface area contributed by atoms with Crippen molar-refractivity contribution in [2.24, 2.45) is 0 Å². The number of halogens is 3. The highest BCUT2D eigenvalue weighted by Gasteiger charge is 2.22. The van der Waals surface area contributed by atoms with Gasteiger partial charge in [-0.25, -0.2) is 14.2 Å². The van der Waals surface area contributed by atoms with Crippen molar-refractivity contribution in [3.63, 3.8) is 0 Å². The van der Waals surface area contributed by atoms with Gasteiger partial charge in [0.2, 0.25) is 11.8 Å². The van der Waals surface area contributed by atoms with E-state index in [-0.39, 0.29) is 32.6 Å². The second-order valence-electron chi connectivity index (χ2n) is 4.66. The number of anilines is 1. The summed E-state index contributed by atoms with van der Waals surface area (Å²) in [6, 6.07) is 2.46. The zero-order valence-electron chi connectivity index (χ0n) is 12.9. The molecule has 0 atom stereocenters. The summed E-state index contributed by atoms with van der Waals surface area (Å²) in [7, 11) is 1.25. The van der Waals surface area contributed by atoms with Gasteiger partial charge in [-0.2, -0.15) is 0 Å². The zero-order chi connectivity index (χ0) is 18.7. The fourth-order valence-electron chi connectivity index (χ4n) is 2.05. The van der Waals surface area contributed by atoms with E-state index in [1.54, 1.807) is 0 Å². The molecule has 0 aliphatic carbocycles. The fraction of sp³-hybridized carbons (Fsp3) is 0.133. The summed E-state index contributed by atoms with van der Waals surface area (Å²) in [6.07, 6.45) is -0.439. The fourth-order valence-corrected chi connectivity index (χ4v) is 2.62. The minimum atomic E-state index is -1.63.